The summed E-state index contributed by atoms with van der Waals surface area (Å²) in [6.45, 7) is 0. The number of benzene rings is 4. The monoisotopic (exact) mass is 509 g/mol. The molecule has 0 saturated heterocycles. The van der Waals surface area contributed by atoms with E-state index in [9.17, 15) is 20.0 Å². The number of anilines is 1. The van der Waals surface area contributed by atoms with E-state index in [0.29, 0.717) is 38.4 Å². The summed E-state index contributed by atoms with van der Waals surface area (Å²) in [7, 11) is 0. The Bertz CT molecular complexity index is 1630. The normalized spacial score (nSPS) is 10.7. The summed E-state index contributed by atoms with van der Waals surface area (Å²) in [5.74, 6) is -0.288. The minimum atomic E-state index is -0.576. The summed E-state index contributed by atoms with van der Waals surface area (Å²) in [6, 6.07) is 26.9. The van der Waals surface area contributed by atoms with E-state index in [1.54, 1.807) is 54.6 Å². The first-order valence-electron chi connectivity index (χ1n) is 11.1. The van der Waals surface area contributed by atoms with Crippen LogP contribution < -0.4 is 5.32 Å². The molecule has 0 saturated carbocycles. The number of oxazole rings is 1. The Hall–Kier alpha value is -4.89. The SMILES string of the molecule is O=C(Nc1oc(-c2ccccc2-c2ccc([N+](=O)[O-])cc2O)nc1-c1cccc(S)c1)c1ccccc1. The highest BCUT2D eigenvalue weighted by atomic mass is 32.1. The average Bonchev–Trinajstić information content (AvgIpc) is 3.32. The highest BCUT2D eigenvalue weighted by molar-refractivity contribution is 7.80. The predicted octanol–water partition coefficient (Wildman–Crippen LogP) is 6.83. The number of phenols is 1. The molecule has 5 rings (SSSR count). The van der Waals surface area contributed by atoms with Gasteiger partial charge in [0.2, 0.25) is 11.8 Å². The third-order valence-corrected chi connectivity index (χ3v) is 5.93. The van der Waals surface area contributed by atoms with Crippen LogP contribution in [0.15, 0.2) is 106 Å². The number of hydrogen-bond acceptors (Lipinski definition) is 7. The van der Waals surface area contributed by atoms with Crippen molar-refractivity contribution in [1.82, 2.24) is 4.98 Å². The maximum atomic E-state index is 12.9. The first-order valence-corrected chi connectivity index (χ1v) is 11.6. The summed E-state index contributed by atoms with van der Waals surface area (Å²) in [6.07, 6.45) is 0. The van der Waals surface area contributed by atoms with Crippen molar-refractivity contribution in [2.24, 2.45) is 0 Å². The maximum Gasteiger partial charge on any atom is 0.273 e. The number of aromatic nitrogens is 1. The van der Waals surface area contributed by atoms with Gasteiger partial charge < -0.3 is 9.52 Å². The summed E-state index contributed by atoms with van der Waals surface area (Å²) in [5, 5.41) is 24.5. The molecule has 0 unspecified atom stereocenters. The van der Waals surface area contributed by atoms with E-state index in [-0.39, 0.29) is 29.1 Å². The lowest BCUT2D eigenvalue weighted by molar-refractivity contribution is -0.384. The molecule has 1 heterocycles. The molecule has 37 heavy (non-hydrogen) atoms. The number of nitrogens with zero attached hydrogens (tertiary/aromatic N) is 2. The molecule has 5 aromatic rings. The van der Waals surface area contributed by atoms with Crippen LogP contribution in [0.2, 0.25) is 0 Å². The summed E-state index contributed by atoms with van der Waals surface area (Å²) < 4.78 is 6.09. The molecule has 4 aromatic carbocycles. The second-order valence-electron chi connectivity index (χ2n) is 8.07. The lowest BCUT2D eigenvalue weighted by Gasteiger charge is -2.09. The van der Waals surface area contributed by atoms with Gasteiger partial charge in [-0.3, -0.25) is 20.2 Å². The molecule has 0 spiro atoms. The van der Waals surface area contributed by atoms with E-state index >= 15 is 0 Å². The minimum absolute atomic E-state index is 0.144. The Morgan fingerprint density at radius 2 is 1.62 bits per heavy atom. The van der Waals surface area contributed by atoms with Crippen molar-refractivity contribution in [3.63, 3.8) is 0 Å². The fraction of sp³-hybridized carbons (Fsp3) is 0. The van der Waals surface area contributed by atoms with E-state index in [1.807, 2.05) is 24.3 Å². The Balaban J connectivity index is 1.63. The molecule has 8 nitrogen and oxygen atoms in total. The summed E-state index contributed by atoms with van der Waals surface area (Å²) in [5.41, 5.74) is 2.74. The molecule has 0 fully saturated rings. The molecule has 0 atom stereocenters. The van der Waals surface area contributed by atoms with Crippen molar-refractivity contribution in [3.05, 3.63) is 113 Å². The third-order valence-electron chi connectivity index (χ3n) is 5.65. The number of aromatic hydroxyl groups is 1. The number of rotatable bonds is 6. The van der Waals surface area contributed by atoms with Gasteiger partial charge in [-0.05, 0) is 42.0 Å². The molecule has 0 aliphatic rings. The van der Waals surface area contributed by atoms with Gasteiger partial charge in [0.15, 0.2) is 0 Å². The van der Waals surface area contributed by atoms with Crippen molar-refractivity contribution in [2.75, 3.05) is 5.32 Å². The molecule has 0 aliphatic heterocycles. The molecule has 182 valence electrons. The lowest BCUT2D eigenvalue weighted by atomic mass is 9.98. The van der Waals surface area contributed by atoms with E-state index in [0.717, 1.165) is 6.07 Å². The van der Waals surface area contributed by atoms with Crippen LogP contribution in [0.4, 0.5) is 11.6 Å². The van der Waals surface area contributed by atoms with E-state index in [4.69, 9.17) is 9.40 Å². The Morgan fingerprint density at radius 1 is 0.892 bits per heavy atom. The number of carbonyl (C=O) groups is 1. The fourth-order valence-corrected chi connectivity index (χ4v) is 4.12. The zero-order chi connectivity index (χ0) is 25.9. The quantitative estimate of drug-likeness (QED) is 0.131. The minimum Gasteiger partial charge on any atom is -0.507 e. The zero-order valence-electron chi connectivity index (χ0n) is 19.2. The van der Waals surface area contributed by atoms with Gasteiger partial charge in [0.1, 0.15) is 11.4 Å². The second-order valence-corrected chi connectivity index (χ2v) is 8.59. The number of hydrogen-bond donors (Lipinski definition) is 3. The van der Waals surface area contributed by atoms with Crippen molar-refractivity contribution < 1.29 is 19.2 Å². The Kier molecular flexibility index (Phi) is 6.44. The van der Waals surface area contributed by atoms with Gasteiger partial charge in [0.05, 0.1) is 11.0 Å². The summed E-state index contributed by atoms with van der Waals surface area (Å²) in [4.78, 5) is 28.9. The van der Waals surface area contributed by atoms with Crippen molar-refractivity contribution >= 4 is 30.1 Å². The topological polar surface area (TPSA) is 118 Å². The standard InChI is InChI=1S/C28H19N3O5S/c32-24-16-19(31(34)35)13-14-22(24)21-11-4-5-12-23(21)27-29-25(18-9-6-10-20(37)15-18)28(36-27)30-26(33)17-7-2-1-3-8-17/h1-16,32,37H,(H,30,33). The number of amides is 1. The Labute approximate surface area is 216 Å². The molecule has 0 radical (unpaired) electrons. The molecular weight excluding hydrogens is 490 g/mol. The number of non-ortho nitro benzene ring substituents is 1. The van der Waals surface area contributed by atoms with E-state index in [1.165, 1.54) is 12.1 Å². The molecule has 9 heteroatoms. The van der Waals surface area contributed by atoms with Crippen LogP contribution in [0.5, 0.6) is 5.75 Å². The van der Waals surface area contributed by atoms with Crippen LogP contribution in [0, 0.1) is 10.1 Å². The van der Waals surface area contributed by atoms with Crippen LogP contribution in [0.3, 0.4) is 0 Å². The number of nitrogens with one attached hydrogen (secondary N) is 1. The number of nitro benzene ring substituents is 1. The second kappa shape index (κ2) is 10.00. The molecular formula is C28H19N3O5S. The Morgan fingerprint density at radius 3 is 2.32 bits per heavy atom. The van der Waals surface area contributed by atoms with Gasteiger partial charge in [-0.1, -0.05) is 48.5 Å². The van der Waals surface area contributed by atoms with Crippen molar-refractivity contribution in [3.8, 4) is 39.6 Å². The highest BCUT2D eigenvalue weighted by Gasteiger charge is 2.22. The van der Waals surface area contributed by atoms with Crippen molar-refractivity contribution in [2.45, 2.75) is 4.90 Å². The first kappa shape index (κ1) is 23.8. The van der Waals surface area contributed by atoms with Crippen LogP contribution in [-0.2, 0) is 0 Å². The van der Waals surface area contributed by atoms with E-state index < -0.39 is 4.92 Å². The number of carbonyl (C=O) groups excluding carboxylic acids is 1. The largest absolute Gasteiger partial charge is 0.507 e. The van der Waals surface area contributed by atoms with Crippen LogP contribution in [0.25, 0.3) is 33.8 Å². The first-order chi connectivity index (χ1) is 17.9. The van der Waals surface area contributed by atoms with Gasteiger partial charge in [0.25, 0.3) is 11.6 Å². The van der Waals surface area contributed by atoms with Crippen LogP contribution >= 0.6 is 12.6 Å². The zero-order valence-corrected chi connectivity index (χ0v) is 20.1. The lowest BCUT2D eigenvalue weighted by Crippen LogP contribution is -2.11. The summed E-state index contributed by atoms with van der Waals surface area (Å²) >= 11 is 4.42. The molecule has 0 aliphatic carbocycles. The number of thiol groups is 1. The number of phenolic OH excluding ortho intramolecular Hbond substituents is 1. The highest BCUT2D eigenvalue weighted by Crippen LogP contribution is 2.41. The number of nitro groups is 1. The average molecular weight is 510 g/mol. The maximum absolute atomic E-state index is 12.9. The molecule has 1 aromatic heterocycles. The smallest absolute Gasteiger partial charge is 0.273 e. The van der Waals surface area contributed by atoms with Gasteiger partial charge >= 0.3 is 0 Å². The van der Waals surface area contributed by atoms with Gasteiger partial charge in [-0.15, -0.1) is 12.6 Å². The van der Waals surface area contributed by atoms with E-state index in [2.05, 4.69) is 17.9 Å². The van der Waals surface area contributed by atoms with Crippen LogP contribution in [0.1, 0.15) is 10.4 Å². The fourth-order valence-electron chi connectivity index (χ4n) is 3.90. The van der Waals surface area contributed by atoms with Crippen LogP contribution in [-0.4, -0.2) is 20.9 Å². The van der Waals surface area contributed by atoms with Gasteiger partial charge in [0, 0.05) is 33.2 Å². The third kappa shape index (κ3) is 4.93. The molecule has 1 amide bonds. The predicted molar refractivity (Wildman–Crippen MR) is 143 cm³/mol. The molecule has 2 N–H and O–H groups in total. The van der Waals surface area contributed by atoms with Gasteiger partial charge in [-0.2, -0.15) is 0 Å². The van der Waals surface area contributed by atoms with Crippen molar-refractivity contribution in [1.29, 1.82) is 0 Å². The van der Waals surface area contributed by atoms with Gasteiger partial charge in [-0.25, -0.2) is 4.98 Å². The molecule has 0 bridgehead atoms.